The predicted molar refractivity (Wildman–Crippen MR) is 82.9 cm³/mol. The Morgan fingerprint density at radius 3 is 2.52 bits per heavy atom. The summed E-state index contributed by atoms with van der Waals surface area (Å²) in [6.45, 7) is 0. The highest BCUT2D eigenvalue weighted by atomic mass is 19.1. The highest BCUT2D eigenvalue weighted by Gasteiger charge is 2.11. The number of halogens is 1. The number of hydrogen-bond donors (Lipinski definition) is 0. The van der Waals surface area contributed by atoms with Gasteiger partial charge >= 0.3 is 6.09 Å². The second-order valence-electron chi connectivity index (χ2n) is 4.75. The summed E-state index contributed by atoms with van der Waals surface area (Å²) >= 11 is 0. The van der Waals surface area contributed by atoms with Crippen LogP contribution in [0.25, 0.3) is 0 Å². The molecule has 0 saturated heterocycles. The van der Waals surface area contributed by atoms with Crippen molar-refractivity contribution in [3.63, 3.8) is 0 Å². The summed E-state index contributed by atoms with van der Waals surface area (Å²) in [7, 11) is 0. The number of carbonyl (C=O) groups excluding carboxylic acids is 1. The lowest BCUT2D eigenvalue weighted by atomic mass is 9.99. The zero-order valence-corrected chi connectivity index (χ0v) is 12.0. The van der Waals surface area contributed by atoms with Crippen LogP contribution in [0, 0.1) is 5.82 Å². The van der Waals surface area contributed by atoms with E-state index in [1.54, 1.807) is 18.3 Å². The third-order valence-corrected chi connectivity index (χ3v) is 3.12. The Morgan fingerprint density at radius 1 is 1.13 bits per heavy atom. The molecule has 6 heteroatoms. The molecule has 0 saturated carbocycles. The molecule has 0 spiro atoms. The summed E-state index contributed by atoms with van der Waals surface area (Å²) in [6.07, 6.45) is 8.01. The van der Waals surface area contributed by atoms with Gasteiger partial charge in [-0.15, -0.1) is 0 Å². The number of aliphatic imine (C=N–C) groups is 1. The molecule has 3 rings (SSSR count). The maximum Gasteiger partial charge on any atom is 0.439 e. The third-order valence-electron chi connectivity index (χ3n) is 3.12. The minimum atomic E-state index is -0.765. The van der Waals surface area contributed by atoms with Gasteiger partial charge in [0.2, 0.25) is 0 Å². The predicted octanol–water partition coefficient (Wildman–Crippen LogP) is 3.47. The molecule has 0 atom stereocenters. The lowest BCUT2D eigenvalue weighted by Crippen LogP contribution is -2.08. The number of amides is 1. The first kappa shape index (κ1) is 14.8. The summed E-state index contributed by atoms with van der Waals surface area (Å²) < 4.78 is 17.8. The number of aromatic nitrogens is 2. The Bertz CT molecular complexity index is 767. The van der Waals surface area contributed by atoms with Crippen LogP contribution in [0.2, 0.25) is 0 Å². The van der Waals surface area contributed by atoms with Gasteiger partial charge in [0.05, 0.1) is 11.4 Å². The molecule has 0 radical (unpaired) electrons. The van der Waals surface area contributed by atoms with Gasteiger partial charge in [-0.3, -0.25) is 0 Å². The van der Waals surface area contributed by atoms with Crippen molar-refractivity contribution in [1.29, 1.82) is 0 Å². The number of carbonyl (C=O) groups is 1. The average Bonchev–Trinajstić information content (AvgIpc) is 2.58. The van der Waals surface area contributed by atoms with Gasteiger partial charge in [-0.05, 0) is 48.6 Å². The van der Waals surface area contributed by atoms with Gasteiger partial charge in [0, 0.05) is 12.1 Å². The topological polar surface area (TPSA) is 64.4 Å². The fraction of sp³-hybridized carbons (Fsp3) is 0.0588. The normalized spacial score (nSPS) is 16.2. The van der Waals surface area contributed by atoms with Crippen molar-refractivity contribution >= 4 is 11.8 Å². The Hall–Kier alpha value is -3.15. The summed E-state index contributed by atoms with van der Waals surface area (Å²) in [5.74, 6) is -0.165. The first-order valence-electron chi connectivity index (χ1n) is 6.91. The SMILES string of the molecule is O=C(N=C1C=CC(c2cccnn2)C=C1)Oc1ccc(F)cc1. The van der Waals surface area contributed by atoms with Gasteiger partial charge in [-0.1, -0.05) is 12.2 Å². The smallest absolute Gasteiger partial charge is 0.409 e. The Labute approximate surface area is 131 Å². The van der Waals surface area contributed by atoms with Crippen LogP contribution in [0.3, 0.4) is 0 Å². The molecule has 1 aromatic heterocycles. The monoisotopic (exact) mass is 309 g/mol. The van der Waals surface area contributed by atoms with Crippen LogP contribution >= 0.6 is 0 Å². The van der Waals surface area contributed by atoms with Gasteiger partial charge in [0.1, 0.15) is 11.6 Å². The molecule has 0 aliphatic heterocycles. The lowest BCUT2D eigenvalue weighted by Gasteiger charge is -2.10. The van der Waals surface area contributed by atoms with E-state index in [0.29, 0.717) is 5.71 Å². The minimum Gasteiger partial charge on any atom is -0.409 e. The standard InChI is InChI=1S/C17H12FN3O2/c18-13-5-9-15(10-6-13)23-17(22)20-14-7-3-12(4-8-14)16-2-1-11-19-21-16/h1-12H. The number of nitrogens with zero attached hydrogens (tertiary/aromatic N) is 3. The second-order valence-corrected chi connectivity index (χ2v) is 4.75. The maximum absolute atomic E-state index is 12.8. The van der Waals surface area contributed by atoms with Crippen LogP contribution in [0.5, 0.6) is 5.75 Å². The van der Waals surface area contributed by atoms with E-state index in [4.69, 9.17) is 4.74 Å². The molecule has 1 amide bonds. The van der Waals surface area contributed by atoms with Crippen molar-refractivity contribution in [2.75, 3.05) is 0 Å². The number of allylic oxidation sites excluding steroid dienone is 4. The van der Waals surface area contributed by atoms with Crippen molar-refractivity contribution in [3.05, 3.63) is 78.4 Å². The summed E-state index contributed by atoms with van der Waals surface area (Å²) in [6, 6.07) is 8.84. The molecule has 0 N–H and O–H groups in total. The quantitative estimate of drug-likeness (QED) is 0.852. The molecular formula is C17H12FN3O2. The highest BCUT2D eigenvalue weighted by Crippen LogP contribution is 2.19. The molecular weight excluding hydrogens is 297 g/mol. The zero-order chi connectivity index (χ0) is 16.1. The van der Waals surface area contributed by atoms with E-state index < -0.39 is 11.9 Å². The molecule has 1 aliphatic carbocycles. The van der Waals surface area contributed by atoms with Crippen molar-refractivity contribution in [1.82, 2.24) is 10.2 Å². The fourth-order valence-corrected chi connectivity index (χ4v) is 2.02. The third kappa shape index (κ3) is 3.94. The van der Waals surface area contributed by atoms with E-state index in [1.807, 2.05) is 24.3 Å². The first-order chi connectivity index (χ1) is 11.2. The first-order valence-corrected chi connectivity index (χ1v) is 6.91. The largest absolute Gasteiger partial charge is 0.439 e. The van der Waals surface area contributed by atoms with E-state index in [0.717, 1.165) is 5.69 Å². The Kier molecular flexibility index (Phi) is 4.33. The molecule has 5 nitrogen and oxygen atoms in total. The Morgan fingerprint density at radius 2 is 1.87 bits per heavy atom. The van der Waals surface area contributed by atoms with Crippen molar-refractivity contribution in [2.24, 2.45) is 4.99 Å². The lowest BCUT2D eigenvalue weighted by molar-refractivity contribution is 0.211. The maximum atomic E-state index is 12.8. The van der Waals surface area contributed by atoms with E-state index in [1.165, 1.54) is 24.3 Å². The van der Waals surface area contributed by atoms with E-state index in [9.17, 15) is 9.18 Å². The van der Waals surface area contributed by atoms with Gasteiger partial charge in [0.15, 0.2) is 0 Å². The van der Waals surface area contributed by atoms with Crippen LogP contribution in [0.1, 0.15) is 11.6 Å². The molecule has 1 aliphatic rings. The molecule has 0 bridgehead atoms. The second kappa shape index (κ2) is 6.74. The Balaban J connectivity index is 1.64. The van der Waals surface area contributed by atoms with E-state index in [-0.39, 0.29) is 11.7 Å². The molecule has 1 heterocycles. The van der Waals surface area contributed by atoms with E-state index in [2.05, 4.69) is 15.2 Å². The molecule has 0 unspecified atom stereocenters. The van der Waals surface area contributed by atoms with Gasteiger partial charge in [-0.2, -0.15) is 15.2 Å². The number of hydrogen-bond acceptors (Lipinski definition) is 4. The minimum absolute atomic E-state index is 0.00392. The average molecular weight is 309 g/mol. The van der Waals surface area contributed by atoms with Crippen LogP contribution in [0.4, 0.5) is 9.18 Å². The van der Waals surface area contributed by atoms with Gasteiger partial charge in [0.25, 0.3) is 0 Å². The summed E-state index contributed by atoms with van der Waals surface area (Å²) in [5.41, 5.74) is 1.28. The van der Waals surface area contributed by atoms with Crippen LogP contribution in [0.15, 0.2) is 71.9 Å². The zero-order valence-electron chi connectivity index (χ0n) is 12.0. The van der Waals surface area contributed by atoms with Crippen molar-refractivity contribution < 1.29 is 13.9 Å². The highest BCUT2D eigenvalue weighted by molar-refractivity contribution is 6.09. The molecule has 23 heavy (non-hydrogen) atoms. The van der Waals surface area contributed by atoms with E-state index >= 15 is 0 Å². The van der Waals surface area contributed by atoms with Crippen LogP contribution in [-0.4, -0.2) is 22.0 Å². The molecule has 114 valence electrons. The van der Waals surface area contributed by atoms with Crippen LogP contribution < -0.4 is 4.74 Å². The van der Waals surface area contributed by atoms with Crippen molar-refractivity contribution in [2.45, 2.75) is 5.92 Å². The van der Waals surface area contributed by atoms with Gasteiger partial charge in [-0.25, -0.2) is 9.18 Å². The summed E-state index contributed by atoms with van der Waals surface area (Å²) in [4.78, 5) is 15.6. The molecule has 0 fully saturated rings. The number of ether oxygens (including phenoxy) is 1. The number of rotatable bonds is 2. The molecule has 1 aromatic carbocycles. The van der Waals surface area contributed by atoms with Crippen molar-refractivity contribution in [3.8, 4) is 5.75 Å². The number of benzene rings is 1. The molecule has 2 aromatic rings. The summed E-state index contributed by atoms with van der Waals surface area (Å²) in [5, 5.41) is 7.87. The van der Waals surface area contributed by atoms with Gasteiger partial charge < -0.3 is 4.74 Å². The van der Waals surface area contributed by atoms with Crippen LogP contribution in [-0.2, 0) is 0 Å². The fourth-order valence-electron chi connectivity index (χ4n) is 2.02.